The van der Waals surface area contributed by atoms with Crippen molar-refractivity contribution >= 4 is 11.6 Å². The second kappa shape index (κ2) is 6.83. The highest BCUT2D eigenvalue weighted by molar-refractivity contribution is 5.84. The summed E-state index contributed by atoms with van der Waals surface area (Å²) >= 11 is 0. The molecule has 3 nitrogen and oxygen atoms in total. The van der Waals surface area contributed by atoms with Crippen molar-refractivity contribution in [2.24, 2.45) is 0 Å². The van der Waals surface area contributed by atoms with Gasteiger partial charge in [-0.05, 0) is 19.8 Å². The lowest BCUT2D eigenvalue weighted by molar-refractivity contribution is -0.131. The average Bonchev–Trinajstić information content (AvgIpc) is 2.72. The first kappa shape index (κ1) is 15.7. The summed E-state index contributed by atoms with van der Waals surface area (Å²) in [5, 5.41) is 2.56. The molecule has 0 aliphatic carbocycles. The van der Waals surface area contributed by atoms with E-state index in [1.54, 1.807) is 11.8 Å². The molecule has 0 radical (unpaired) electrons. The molecule has 116 valence electrons. The lowest BCUT2D eigenvalue weighted by atomic mass is 10.2. The predicted octanol–water partition coefficient (Wildman–Crippen LogP) is 3.31. The maximum atomic E-state index is 13.6. The summed E-state index contributed by atoms with van der Waals surface area (Å²) in [6.45, 7) is 2.91. The standard InChI is InChI=1S/C15H19F3N2O/c1-10(15(21)20-6-4-2-3-5-7-20)19-13-9-11(16)8-12(17)14(13)18/h8-10,19H,2-7H2,1H3. The molecule has 1 aromatic rings. The molecule has 0 aromatic heterocycles. The summed E-state index contributed by atoms with van der Waals surface area (Å²) in [6.07, 6.45) is 4.08. The topological polar surface area (TPSA) is 32.3 Å². The maximum absolute atomic E-state index is 13.6. The van der Waals surface area contributed by atoms with Gasteiger partial charge in [0.2, 0.25) is 5.91 Å². The smallest absolute Gasteiger partial charge is 0.244 e. The summed E-state index contributed by atoms with van der Waals surface area (Å²) in [5.41, 5.74) is -0.330. The molecular formula is C15H19F3N2O. The Morgan fingerprint density at radius 1 is 1.14 bits per heavy atom. The molecule has 0 saturated carbocycles. The summed E-state index contributed by atoms with van der Waals surface area (Å²) in [6, 6.07) is 0.589. The number of amides is 1. The van der Waals surface area contributed by atoms with Crippen LogP contribution in [0.1, 0.15) is 32.6 Å². The van der Waals surface area contributed by atoms with Crippen LogP contribution in [0.3, 0.4) is 0 Å². The molecule has 1 amide bonds. The molecule has 6 heteroatoms. The lowest BCUT2D eigenvalue weighted by Crippen LogP contribution is -2.42. The number of benzene rings is 1. The summed E-state index contributed by atoms with van der Waals surface area (Å²) < 4.78 is 39.9. The fraction of sp³-hybridized carbons (Fsp3) is 0.533. The first-order valence-corrected chi connectivity index (χ1v) is 7.19. The van der Waals surface area contributed by atoms with Crippen LogP contribution < -0.4 is 5.32 Å². The van der Waals surface area contributed by atoms with Crippen molar-refractivity contribution in [3.8, 4) is 0 Å². The van der Waals surface area contributed by atoms with Gasteiger partial charge in [0.05, 0.1) is 5.69 Å². The monoisotopic (exact) mass is 300 g/mol. The SMILES string of the molecule is CC(Nc1cc(F)cc(F)c1F)C(=O)N1CCCCCC1. The van der Waals surface area contributed by atoms with E-state index in [0.717, 1.165) is 31.7 Å². The molecule has 1 saturated heterocycles. The minimum Gasteiger partial charge on any atom is -0.371 e. The first-order chi connectivity index (χ1) is 9.99. The van der Waals surface area contributed by atoms with Crippen LogP contribution in [0.2, 0.25) is 0 Å². The Bertz CT molecular complexity index is 514. The van der Waals surface area contributed by atoms with E-state index >= 15 is 0 Å². The maximum Gasteiger partial charge on any atom is 0.244 e. The molecule has 21 heavy (non-hydrogen) atoms. The van der Waals surface area contributed by atoms with Crippen LogP contribution in [0.4, 0.5) is 18.9 Å². The number of hydrogen-bond donors (Lipinski definition) is 1. The van der Waals surface area contributed by atoms with E-state index in [9.17, 15) is 18.0 Å². The molecule has 1 aliphatic rings. The summed E-state index contributed by atoms with van der Waals surface area (Å²) in [5.74, 6) is -3.51. The van der Waals surface area contributed by atoms with Crippen LogP contribution in [-0.4, -0.2) is 29.9 Å². The number of nitrogens with one attached hydrogen (secondary N) is 1. The van der Waals surface area contributed by atoms with E-state index in [1.807, 2.05) is 0 Å². The Labute approximate surface area is 122 Å². The second-order valence-electron chi connectivity index (χ2n) is 5.35. The number of carbonyl (C=O) groups excluding carboxylic acids is 1. The number of hydrogen-bond acceptors (Lipinski definition) is 2. The molecule has 1 aromatic carbocycles. The Morgan fingerprint density at radius 2 is 1.76 bits per heavy atom. The van der Waals surface area contributed by atoms with Gasteiger partial charge in [0.25, 0.3) is 0 Å². The predicted molar refractivity (Wildman–Crippen MR) is 74.4 cm³/mol. The lowest BCUT2D eigenvalue weighted by Gasteiger charge is -2.25. The fourth-order valence-electron chi connectivity index (χ4n) is 2.52. The number of anilines is 1. The molecule has 1 heterocycles. The Hall–Kier alpha value is -1.72. The third-order valence-electron chi connectivity index (χ3n) is 3.65. The van der Waals surface area contributed by atoms with Gasteiger partial charge in [0.15, 0.2) is 11.6 Å². The molecular weight excluding hydrogens is 281 g/mol. The largest absolute Gasteiger partial charge is 0.371 e. The van der Waals surface area contributed by atoms with Crippen molar-refractivity contribution in [3.05, 3.63) is 29.6 Å². The van der Waals surface area contributed by atoms with Crippen molar-refractivity contribution in [2.45, 2.75) is 38.6 Å². The highest BCUT2D eigenvalue weighted by atomic mass is 19.2. The number of rotatable bonds is 3. The summed E-state index contributed by atoms with van der Waals surface area (Å²) in [7, 11) is 0. The van der Waals surface area contributed by atoms with Crippen molar-refractivity contribution in [1.29, 1.82) is 0 Å². The van der Waals surface area contributed by atoms with Gasteiger partial charge < -0.3 is 10.2 Å². The Morgan fingerprint density at radius 3 is 2.38 bits per heavy atom. The molecule has 0 bridgehead atoms. The molecule has 1 aliphatic heterocycles. The van der Waals surface area contributed by atoms with E-state index in [2.05, 4.69) is 5.32 Å². The zero-order valence-corrected chi connectivity index (χ0v) is 12.0. The van der Waals surface area contributed by atoms with Gasteiger partial charge in [-0.1, -0.05) is 12.8 Å². The molecule has 1 fully saturated rings. The molecule has 1 N–H and O–H groups in total. The van der Waals surface area contributed by atoms with Gasteiger partial charge in [-0.2, -0.15) is 0 Å². The number of carbonyl (C=O) groups is 1. The quantitative estimate of drug-likeness (QED) is 0.869. The number of nitrogens with zero attached hydrogens (tertiary/aromatic N) is 1. The second-order valence-corrected chi connectivity index (χ2v) is 5.35. The van der Waals surface area contributed by atoms with E-state index in [0.29, 0.717) is 19.2 Å². The van der Waals surface area contributed by atoms with Crippen LogP contribution >= 0.6 is 0 Å². The number of halogens is 3. The van der Waals surface area contributed by atoms with Gasteiger partial charge in [-0.25, -0.2) is 13.2 Å². The van der Waals surface area contributed by atoms with Gasteiger partial charge >= 0.3 is 0 Å². The van der Waals surface area contributed by atoms with E-state index in [4.69, 9.17) is 0 Å². The summed E-state index contributed by atoms with van der Waals surface area (Å²) in [4.78, 5) is 14.0. The van der Waals surface area contributed by atoms with Crippen LogP contribution in [0.25, 0.3) is 0 Å². The zero-order chi connectivity index (χ0) is 15.4. The Balaban J connectivity index is 2.06. The van der Waals surface area contributed by atoms with Crippen LogP contribution in [0.5, 0.6) is 0 Å². The van der Waals surface area contributed by atoms with Crippen molar-refractivity contribution in [1.82, 2.24) is 4.90 Å². The highest BCUT2D eigenvalue weighted by Gasteiger charge is 2.23. The van der Waals surface area contributed by atoms with E-state index < -0.39 is 23.5 Å². The van der Waals surface area contributed by atoms with Crippen molar-refractivity contribution < 1.29 is 18.0 Å². The minimum absolute atomic E-state index is 0.180. The van der Waals surface area contributed by atoms with Crippen molar-refractivity contribution in [2.75, 3.05) is 18.4 Å². The van der Waals surface area contributed by atoms with Gasteiger partial charge in [0, 0.05) is 25.2 Å². The molecule has 1 atom stereocenters. The fourth-order valence-corrected chi connectivity index (χ4v) is 2.52. The third kappa shape index (κ3) is 3.89. The normalized spacial score (nSPS) is 17.2. The van der Waals surface area contributed by atoms with Crippen LogP contribution in [0, 0.1) is 17.5 Å². The van der Waals surface area contributed by atoms with Gasteiger partial charge in [-0.3, -0.25) is 4.79 Å². The highest BCUT2D eigenvalue weighted by Crippen LogP contribution is 2.20. The average molecular weight is 300 g/mol. The Kier molecular flexibility index (Phi) is 5.09. The molecule has 1 unspecified atom stereocenters. The van der Waals surface area contributed by atoms with Crippen molar-refractivity contribution in [3.63, 3.8) is 0 Å². The molecule has 2 rings (SSSR count). The minimum atomic E-state index is -1.27. The zero-order valence-electron chi connectivity index (χ0n) is 12.0. The molecule has 0 spiro atoms. The first-order valence-electron chi connectivity index (χ1n) is 7.19. The van der Waals surface area contributed by atoms with E-state index in [1.165, 1.54) is 0 Å². The van der Waals surface area contributed by atoms with Crippen LogP contribution in [-0.2, 0) is 4.79 Å². The van der Waals surface area contributed by atoms with E-state index in [-0.39, 0.29) is 11.6 Å². The van der Waals surface area contributed by atoms with Gasteiger partial charge in [-0.15, -0.1) is 0 Å². The number of likely N-dealkylation sites (tertiary alicyclic amines) is 1. The van der Waals surface area contributed by atoms with Crippen LogP contribution in [0.15, 0.2) is 12.1 Å². The third-order valence-corrected chi connectivity index (χ3v) is 3.65. The van der Waals surface area contributed by atoms with Gasteiger partial charge in [0.1, 0.15) is 11.9 Å².